The van der Waals surface area contributed by atoms with Crippen LogP contribution in [0.2, 0.25) is 0 Å². The molecule has 4 heteroatoms. The smallest absolute Gasteiger partial charge is 0.308 e. The molecular formula is C10H16O4. The fraction of sp³-hybridized carbons (Fsp3) is 0.800. The van der Waals surface area contributed by atoms with Crippen LogP contribution in [-0.2, 0) is 14.3 Å². The van der Waals surface area contributed by atoms with Gasteiger partial charge in [0.05, 0.1) is 18.6 Å². The van der Waals surface area contributed by atoms with Crippen LogP contribution >= 0.6 is 0 Å². The summed E-state index contributed by atoms with van der Waals surface area (Å²) < 4.78 is 4.99. The van der Waals surface area contributed by atoms with Gasteiger partial charge < -0.3 is 9.84 Å². The second-order valence-corrected chi connectivity index (χ2v) is 3.77. The number of rotatable bonds is 0. The van der Waals surface area contributed by atoms with Crippen molar-refractivity contribution in [2.75, 3.05) is 0 Å². The van der Waals surface area contributed by atoms with Crippen LogP contribution in [0.15, 0.2) is 0 Å². The molecule has 4 nitrogen and oxygen atoms in total. The lowest BCUT2D eigenvalue weighted by Gasteiger charge is -2.17. The Kier molecular flexibility index (Phi) is 4.07. The molecule has 1 saturated heterocycles. The van der Waals surface area contributed by atoms with Gasteiger partial charge in [-0.3, -0.25) is 9.59 Å². The first-order valence-electron chi connectivity index (χ1n) is 4.97. The van der Waals surface area contributed by atoms with E-state index in [1.807, 2.05) is 0 Å². The van der Waals surface area contributed by atoms with Crippen molar-refractivity contribution < 1.29 is 19.4 Å². The molecule has 0 aromatic heterocycles. The molecule has 0 bridgehead atoms. The van der Waals surface area contributed by atoms with Crippen molar-refractivity contribution in [1.82, 2.24) is 0 Å². The quantitative estimate of drug-likeness (QED) is 0.588. The van der Waals surface area contributed by atoms with Crippen LogP contribution in [-0.4, -0.2) is 29.1 Å². The van der Waals surface area contributed by atoms with Gasteiger partial charge >= 0.3 is 5.97 Å². The predicted octanol–water partition coefficient (Wildman–Crippen LogP) is 0.812. The second kappa shape index (κ2) is 5.10. The third kappa shape index (κ3) is 3.87. The maximum atomic E-state index is 11.2. The van der Waals surface area contributed by atoms with E-state index in [1.54, 1.807) is 6.92 Å². The highest BCUT2D eigenvalue weighted by Crippen LogP contribution is 2.12. The van der Waals surface area contributed by atoms with Gasteiger partial charge in [-0.15, -0.1) is 0 Å². The molecule has 2 atom stereocenters. The van der Waals surface area contributed by atoms with Crippen molar-refractivity contribution in [3.8, 4) is 0 Å². The summed E-state index contributed by atoms with van der Waals surface area (Å²) in [6.45, 7) is 1.76. The molecule has 0 aliphatic carbocycles. The van der Waals surface area contributed by atoms with E-state index < -0.39 is 6.10 Å². The Hall–Kier alpha value is -0.900. The number of Topliss-reactive ketones (excluding diaryl/α,β-unsaturated/α-hetero) is 1. The molecule has 0 spiro atoms. The van der Waals surface area contributed by atoms with Crippen molar-refractivity contribution in [3.63, 3.8) is 0 Å². The third-order valence-corrected chi connectivity index (χ3v) is 2.32. The van der Waals surface area contributed by atoms with E-state index in [0.717, 1.165) is 0 Å². The van der Waals surface area contributed by atoms with E-state index in [9.17, 15) is 14.7 Å². The Bertz CT molecular complexity index is 204. The summed E-state index contributed by atoms with van der Waals surface area (Å²) in [6, 6.07) is 0. The van der Waals surface area contributed by atoms with E-state index in [-0.39, 0.29) is 24.3 Å². The number of cyclic esters (lactones) is 1. The van der Waals surface area contributed by atoms with Crippen molar-refractivity contribution >= 4 is 11.8 Å². The monoisotopic (exact) mass is 200 g/mol. The number of carbonyl (C=O) groups is 2. The lowest BCUT2D eigenvalue weighted by molar-refractivity contribution is -0.152. The maximum absolute atomic E-state index is 11.2. The van der Waals surface area contributed by atoms with Crippen LogP contribution in [0.3, 0.4) is 0 Å². The summed E-state index contributed by atoms with van der Waals surface area (Å²) in [7, 11) is 0. The zero-order valence-corrected chi connectivity index (χ0v) is 8.36. The number of hydrogen-bond acceptors (Lipinski definition) is 4. The molecule has 0 aromatic rings. The third-order valence-electron chi connectivity index (χ3n) is 2.32. The first kappa shape index (κ1) is 11.2. The van der Waals surface area contributed by atoms with Gasteiger partial charge in [-0.25, -0.2) is 0 Å². The van der Waals surface area contributed by atoms with Gasteiger partial charge in [-0.1, -0.05) is 0 Å². The molecule has 0 amide bonds. The minimum Gasteiger partial charge on any atom is -0.463 e. The molecule has 1 aliphatic rings. The van der Waals surface area contributed by atoms with Gasteiger partial charge in [0.25, 0.3) is 0 Å². The largest absolute Gasteiger partial charge is 0.463 e. The molecule has 0 radical (unpaired) electrons. The van der Waals surface area contributed by atoms with Crippen LogP contribution in [0.4, 0.5) is 0 Å². The Labute approximate surface area is 83.2 Å². The molecule has 0 saturated carbocycles. The van der Waals surface area contributed by atoms with Crippen molar-refractivity contribution in [3.05, 3.63) is 0 Å². The summed E-state index contributed by atoms with van der Waals surface area (Å²) in [6.07, 6.45) is 0.775. The van der Waals surface area contributed by atoms with Crippen LogP contribution in [0.1, 0.15) is 39.0 Å². The normalized spacial score (nSPS) is 31.0. The first-order chi connectivity index (χ1) is 6.58. The van der Waals surface area contributed by atoms with Crippen LogP contribution < -0.4 is 0 Å². The lowest BCUT2D eigenvalue weighted by Crippen LogP contribution is -2.23. The van der Waals surface area contributed by atoms with E-state index >= 15 is 0 Å². The lowest BCUT2D eigenvalue weighted by atomic mass is 10.0. The molecule has 1 fully saturated rings. The molecule has 0 unspecified atom stereocenters. The van der Waals surface area contributed by atoms with Gasteiger partial charge in [0.2, 0.25) is 0 Å². The number of carbonyl (C=O) groups excluding carboxylic acids is 2. The number of ketones is 1. The predicted molar refractivity (Wildman–Crippen MR) is 49.7 cm³/mol. The van der Waals surface area contributed by atoms with Crippen molar-refractivity contribution in [2.45, 2.75) is 51.2 Å². The van der Waals surface area contributed by atoms with Crippen molar-refractivity contribution in [2.24, 2.45) is 0 Å². The summed E-state index contributed by atoms with van der Waals surface area (Å²) in [5.74, 6) is -0.242. The van der Waals surface area contributed by atoms with E-state index in [1.165, 1.54) is 0 Å². The van der Waals surface area contributed by atoms with E-state index in [4.69, 9.17) is 4.74 Å². The molecule has 14 heavy (non-hydrogen) atoms. The zero-order valence-electron chi connectivity index (χ0n) is 8.36. The summed E-state index contributed by atoms with van der Waals surface area (Å²) in [5, 5.41) is 9.35. The zero-order chi connectivity index (χ0) is 10.6. The first-order valence-corrected chi connectivity index (χ1v) is 4.97. The topological polar surface area (TPSA) is 63.6 Å². The van der Waals surface area contributed by atoms with Gasteiger partial charge in [0.1, 0.15) is 5.78 Å². The SMILES string of the molecule is C[C@@H]1CCC(=O)CC[C@@H](O)CC(=O)O1. The second-order valence-electron chi connectivity index (χ2n) is 3.77. The molecule has 1 N–H and O–H groups in total. The van der Waals surface area contributed by atoms with Gasteiger partial charge in [0, 0.05) is 12.8 Å². The Morgan fingerprint density at radius 3 is 2.64 bits per heavy atom. The highest BCUT2D eigenvalue weighted by atomic mass is 16.5. The Balaban J connectivity index is 2.51. The van der Waals surface area contributed by atoms with Gasteiger partial charge in [0.15, 0.2) is 0 Å². The molecular weight excluding hydrogens is 184 g/mol. The average Bonchev–Trinajstić information content (AvgIpc) is 2.10. The minimum absolute atomic E-state index is 0.00236. The molecule has 0 aromatic carbocycles. The number of aliphatic hydroxyl groups is 1. The average molecular weight is 200 g/mol. The van der Waals surface area contributed by atoms with E-state index in [0.29, 0.717) is 25.7 Å². The van der Waals surface area contributed by atoms with Crippen LogP contribution in [0.5, 0.6) is 0 Å². The highest BCUT2D eigenvalue weighted by Gasteiger charge is 2.19. The Morgan fingerprint density at radius 1 is 1.29 bits per heavy atom. The van der Waals surface area contributed by atoms with E-state index in [2.05, 4.69) is 0 Å². The fourth-order valence-electron chi connectivity index (χ4n) is 1.44. The number of esters is 1. The molecule has 1 heterocycles. The summed E-state index contributed by atoms with van der Waals surface area (Å²) in [5.41, 5.74) is 0. The molecule has 80 valence electrons. The highest BCUT2D eigenvalue weighted by molar-refractivity contribution is 5.78. The van der Waals surface area contributed by atoms with Crippen LogP contribution in [0, 0.1) is 0 Å². The standard InChI is InChI=1S/C10H16O4/c1-7-2-3-8(11)4-5-9(12)6-10(13)14-7/h7,9,12H,2-6H2,1H3/t7-,9-/m1/s1. The fourth-order valence-corrected chi connectivity index (χ4v) is 1.44. The molecule has 1 rings (SSSR count). The number of hydrogen-bond donors (Lipinski definition) is 1. The van der Waals surface area contributed by atoms with Crippen molar-refractivity contribution in [1.29, 1.82) is 0 Å². The minimum atomic E-state index is -0.739. The molecule has 1 aliphatic heterocycles. The maximum Gasteiger partial charge on any atom is 0.308 e. The van der Waals surface area contributed by atoms with Gasteiger partial charge in [-0.2, -0.15) is 0 Å². The Morgan fingerprint density at radius 2 is 1.93 bits per heavy atom. The van der Waals surface area contributed by atoms with Crippen LogP contribution in [0.25, 0.3) is 0 Å². The summed E-state index contributed by atoms with van der Waals surface area (Å²) >= 11 is 0. The number of aliphatic hydroxyl groups excluding tert-OH is 1. The summed E-state index contributed by atoms with van der Waals surface area (Å²) in [4.78, 5) is 22.4. The number of ether oxygens (including phenoxy) is 1. The van der Waals surface area contributed by atoms with Gasteiger partial charge in [-0.05, 0) is 19.8 Å².